The van der Waals surface area contributed by atoms with E-state index >= 15 is 0 Å². The van der Waals surface area contributed by atoms with Crippen LogP contribution in [0.1, 0.15) is 23.5 Å². The summed E-state index contributed by atoms with van der Waals surface area (Å²) in [7, 11) is 0. The van der Waals surface area contributed by atoms with Crippen LogP contribution >= 0.6 is 0 Å². The van der Waals surface area contributed by atoms with E-state index in [1.165, 1.54) is 6.07 Å². The summed E-state index contributed by atoms with van der Waals surface area (Å²) in [6.07, 6.45) is 1.87. The van der Waals surface area contributed by atoms with Gasteiger partial charge in [-0.25, -0.2) is 4.39 Å². The number of benzene rings is 1. The second-order valence-corrected chi connectivity index (χ2v) is 4.03. The lowest BCUT2D eigenvalue weighted by molar-refractivity contribution is -0.116. The highest BCUT2D eigenvalue weighted by atomic mass is 19.1. The van der Waals surface area contributed by atoms with Crippen LogP contribution in [-0.2, 0) is 4.79 Å². The van der Waals surface area contributed by atoms with Crippen molar-refractivity contribution < 1.29 is 9.18 Å². The lowest BCUT2D eigenvalue weighted by Crippen LogP contribution is -2.23. The van der Waals surface area contributed by atoms with E-state index in [4.69, 9.17) is 0 Å². The molecule has 0 unspecified atom stereocenters. The van der Waals surface area contributed by atoms with Crippen molar-refractivity contribution in [2.24, 2.45) is 0 Å². The fourth-order valence-electron chi connectivity index (χ4n) is 2.18. The molecule has 3 rings (SSSR count). The molecule has 2 heterocycles. The summed E-state index contributed by atoms with van der Waals surface area (Å²) in [5.41, 5.74) is 1.36. The van der Waals surface area contributed by atoms with Crippen LogP contribution in [0.25, 0.3) is 0 Å². The van der Waals surface area contributed by atoms with Gasteiger partial charge in [0, 0.05) is 17.9 Å². The van der Waals surface area contributed by atoms with Crippen LogP contribution in [0.4, 0.5) is 10.2 Å². The van der Waals surface area contributed by atoms with Crippen molar-refractivity contribution in [3.8, 4) is 0 Å². The minimum absolute atomic E-state index is 0.130. The zero-order valence-electron chi connectivity index (χ0n) is 8.90. The number of aromatic nitrogens is 2. The Kier molecular flexibility index (Phi) is 2.18. The summed E-state index contributed by atoms with van der Waals surface area (Å²) in [4.78, 5) is 11.5. The number of hydrogen-bond acceptors (Lipinski definition) is 2. The molecule has 1 aromatic heterocycles. The van der Waals surface area contributed by atoms with Crippen LogP contribution in [0.2, 0.25) is 0 Å². The monoisotopic (exact) mass is 231 g/mol. The predicted molar refractivity (Wildman–Crippen MR) is 60.1 cm³/mol. The highest BCUT2D eigenvalue weighted by Crippen LogP contribution is 2.36. The molecule has 0 radical (unpaired) electrons. The van der Waals surface area contributed by atoms with Crippen LogP contribution in [0.15, 0.2) is 30.5 Å². The third-order valence-corrected chi connectivity index (χ3v) is 2.98. The van der Waals surface area contributed by atoms with E-state index in [1.807, 2.05) is 0 Å². The summed E-state index contributed by atoms with van der Waals surface area (Å²) in [5, 5.41) is 9.26. The Labute approximate surface area is 96.9 Å². The molecule has 0 spiro atoms. The van der Waals surface area contributed by atoms with Gasteiger partial charge in [0.1, 0.15) is 11.6 Å². The number of carbonyl (C=O) groups is 1. The molecule has 4 nitrogen and oxygen atoms in total. The zero-order chi connectivity index (χ0) is 11.8. The molecule has 0 aliphatic carbocycles. The van der Waals surface area contributed by atoms with Crippen LogP contribution in [0, 0.1) is 5.82 Å². The number of fused-ring (bicyclic) bond motifs is 1. The van der Waals surface area contributed by atoms with Crippen molar-refractivity contribution in [2.45, 2.75) is 12.3 Å². The maximum absolute atomic E-state index is 13.7. The molecule has 2 aromatic rings. The third kappa shape index (κ3) is 1.60. The molecule has 1 aliphatic heterocycles. The Morgan fingerprint density at radius 1 is 1.29 bits per heavy atom. The van der Waals surface area contributed by atoms with Gasteiger partial charge >= 0.3 is 0 Å². The molecule has 0 bridgehead atoms. The minimum atomic E-state index is -0.292. The number of amides is 1. The summed E-state index contributed by atoms with van der Waals surface area (Å²) in [6, 6.07) is 6.51. The van der Waals surface area contributed by atoms with Gasteiger partial charge in [0.25, 0.3) is 0 Å². The largest absolute Gasteiger partial charge is 0.311 e. The number of hydrogen-bond donors (Lipinski definition) is 2. The Bertz CT molecular complexity index is 579. The number of carbonyl (C=O) groups excluding carboxylic acids is 1. The Balaban J connectivity index is 2.11. The van der Waals surface area contributed by atoms with Gasteiger partial charge in [-0.2, -0.15) is 5.10 Å². The summed E-state index contributed by atoms with van der Waals surface area (Å²) in [6.45, 7) is 0. The molecule has 17 heavy (non-hydrogen) atoms. The van der Waals surface area contributed by atoms with E-state index in [0.29, 0.717) is 11.4 Å². The van der Waals surface area contributed by atoms with Crippen LogP contribution in [-0.4, -0.2) is 16.1 Å². The van der Waals surface area contributed by atoms with E-state index in [1.54, 1.807) is 24.4 Å². The van der Waals surface area contributed by atoms with E-state index in [0.717, 1.165) is 5.56 Å². The first-order valence-corrected chi connectivity index (χ1v) is 5.33. The molecule has 1 aliphatic rings. The Hall–Kier alpha value is -2.17. The SMILES string of the molecule is O=C1C[C@H](c2ccccc2F)c2cn[nH]c2N1. The van der Waals surface area contributed by atoms with Gasteiger partial charge in [-0.15, -0.1) is 0 Å². The maximum Gasteiger partial charge on any atom is 0.226 e. The molecule has 5 heteroatoms. The van der Waals surface area contributed by atoms with Crippen LogP contribution in [0.3, 0.4) is 0 Å². The Morgan fingerprint density at radius 3 is 2.94 bits per heavy atom. The van der Waals surface area contributed by atoms with Gasteiger partial charge in [0.05, 0.1) is 6.20 Å². The molecule has 0 saturated carbocycles. The molecule has 0 fully saturated rings. The van der Waals surface area contributed by atoms with E-state index < -0.39 is 0 Å². The average molecular weight is 231 g/mol. The van der Waals surface area contributed by atoms with Crippen LogP contribution in [0.5, 0.6) is 0 Å². The molecular weight excluding hydrogens is 221 g/mol. The highest BCUT2D eigenvalue weighted by Gasteiger charge is 2.29. The quantitative estimate of drug-likeness (QED) is 0.788. The maximum atomic E-state index is 13.7. The number of rotatable bonds is 1. The molecular formula is C12H10FN3O. The lowest BCUT2D eigenvalue weighted by atomic mass is 9.87. The van der Waals surface area contributed by atoms with Gasteiger partial charge in [-0.05, 0) is 11.6 Å². The molecule has 2 N–H and O–H groups in total. The number of halogens is 1. The fourth-order valence-corrected chi connectivity index (χ4v) is 2.18. The Morgan fingerprint density at radius 2 is 2.12 bits per heavy atom. The number of aromatic amines is 1. The molecule has 1 aromatic carbocycles. The normalized spacial score (nSPS) is 18.6. The molecule has 1 amide bonds. The summed E-state index contributed by atoms with van der Waals surface area (Å²) >= 11 is 0. The second-order valence-electron chi connectivity index (χ2n) is 4.03. The smallest absolute Gasteiger partial charge is 0.226 e. The fraction of sp³-hybridized carbons (Fsp3) is 0.167. The second kappa shape index (κ2) is 3.69. The third-order valence-electron chi connectivity index (χ3n) is 2.98. The standard InChI is InChI=1S/C12H10FN3O/c13-10-4-2-1-3-7(10)8-5-11(17)15-12-9(8)6-14-16-12/h1-4,6,8H,5H2,(H2,14,15,16,17)/t8-/m1/s1. The van der Waals surface area contributed by atoms with Gasteiger partial charge in [0.2, 0.25) is 5.91 Å². The number of nitrogens with one attached hydrogen (secondary N) is 2. The van der Waals surface area contributed by atoms with Crippen molar-refractivity contribution >= 4 is 11.7 Å². The topological polar surface area (TPSA) is 57.8 Å². The first-order valence-electron chi connectivity index (χ1n) is 5.33. The van der Waals surface area contributed by atoms with Crippen molar-refractivity contribution in [1.29, 1.82) is 0 Å². The van der Waals surface area contributed by atoms with Gasteiger partial charge in [-0.1, -0.05) is 18.2 Å². The predicted octanol–water partition coefficient (Wildman–Crippen LogP) is 2.02. The van der Waals surface area contributed by atoms with Crippen molar-refractivity contribution in [3.63, 3.8) is 0 Å². The van der Waals surface area contributed by atoms with Crippen LogP contribution < -0.4 is 5.32 Å². The van der Waals surface area contributed by atoms with Crippen molar-refractivity contribution in [2.75, 3.05) is 5.32 Å². The van der Waals surface area contributed by atoms with Crippen molar-refractivity contribution in [3.05, 3.63) is 47.4 Å². The lowest BCUT2D eigenvalue weighted by Gasteiger charge is -2.22. The van der Waals surface area contributed by atoms with E-state index in [2.05, 4.69) is 15.5 Å². The molecule has 86 valence electrons. The van der Waals surface area contributed by atoms with Gasteiger partial charge in [0.15, 0.2) is 0 Å². The number of anilines is 1. The first kappa shape index (κ1) is 10.0. The van der Waals surface area contributed by atoms with E-state index in [-0.39, 0.29) is 24.1 Å². The van der Waals surface area contributed by atoms with Crippen molar-refractivity contribution in [1.82, 2.24) is 10.2 Å². The molecule has 0 saturated heterocycles. The number of H-pyrrole nitrogens is 1. The highest BCUT2D eigenvalue weighted by molar-refractivity contribution is 5.94. The molecule has 1 atom stereocenters. The minimum Gasteiger partial charge on any atom is -0.311 e. The zero-order valence-corrected chi connectivity index (χ0v) is 8.90. The first-order chi connectivity index (χ1) is 8.25. The summed E-state index contributed by atoms with van der Waals surface area (Å²) in [5.74, 6) is -0.123. The van der Waals surface area contributed by atoms with Gasteiger partial charge in [-0.3, -0.25) is 9.89 Å². The van der Waals surface area contributed by atoms with E-state index in [9.17, 15) is 9.18 Å². The van der Waals surface area contributed by atoms with Gasteiger partial charge < -0.3 is 5.32 Å². The number of nitrogens with zero attached hydrogens (tertiary/aromatic N) is 1. The summed E-state index contributed by atoms with van der Waals surface area (Å²) < 4.78 is 13.7. The average Bonchev–Trinajstić information content (AvgIpc) is 2.76.